The number of nitrogens with one attached hydrogen (secondary N) is 1. The summed E-state index contributed by atoms with van der Waals surface area (Å²) in [5, 5.41) is 3.88. The van der Waals surface area contributed by atoms with Crippen LogP contribution in [0, 0.1) is 11.8 Å². The van der Waals surface area contributed by atoms with Crippen LogP contribution < -0.4 is 5.32 Å². The van der Waals surface area contributed by atoms with E-state index >= 15 is 0 Å². The molecule has 20 heavy (non-hydrogen) atoms. The zero-order valence-electron chi connectivity index (χ0n) is 13.8. The van der Waals surface area contributed by atoms with Gasteiger partial charge in [-0.15, -0.1) is 0 Å². The standard InChI is InChI=1S/C19H31N/c1-13(2)17-9-11-18(12-10-17)16(5)20-19-14(3)7-6-8-15(19)4/h9-16,19-20H,6-8H2,1-5H3. The molecule has 1 aromatic rings. The molecule has 1 N–H and O–H groups in total. The van der Waals surface area contributed by atoms with Gasteiger partial charge in [0, 0.05) is 12.1 Å². The third-order valence-electron chi connectivity index (χ3n) is 5.09. The van der Waals surface area contributed by atoms with Crippen LogP contribution in [0.15, 0.2) is 24.3 Å². The van der Waals surface area contributed by atoms with Crippen LogP contribution in [0.3, 0.4) is 0 Å². The van der Waals surface area contributed by atoms with Gasteiger partial charge < -0.3 is 5.32 Å². The van der Waals surface area contributed by atoms with E-state index in [0.29, 0.717) is 18.0 Å². The van der Waals surface area contributed by atoms with Gasteiger partial charge >= 0.3 is 0 Å². The van der Waals surface area contributed by atoms with Crippen LogP contribution in [0.1, 0.15) is 77.0 Å². The second-order valence-corrected chi connectivity index (χ2v) is 7.12. The average molecular weight is 273 g/mol. The average Bonchev–Trinajstić information content (AvgIpc) is 2.43. The molecule has 1 nitrogen and oxygen atoms in total. The fraction of sp³-hybridized carbons (Fsp3) is 0.684. The molecule has 1 heteroatoms. The van der Waals surface area contributed by atoms with Crippen LogP contribution in [0.2, 0.25) is 0 Å². The lowest BCUT2D eigenvalue weighted by Crippen LogP contribution is -2.43. The maximum absolute atomic E-state index is 3.88. The van der Waals surface area contributed by atoms with Crippen LogP contribution >= 0.6 is 0 Å². The largest absolute Gasteiger partial charge is 0.307 e. The first-order chi connectivity index (χ1) is 9.49. The highest BCUT2D eigenvalue weighted by molar-refractivity contribution is 5.26. The molecule has 3 unspecified atom stereocenters. The van der Waals surface area contributed by atoms with Crippen molar-refractivity contribution in [3.63, 3.8) is 0 Å². The first-order valence-corrected chi connectivity index (χ1v) is 8.35. The quantitative estimate of drug-likeness (QED) is 0.786. The topological polar surface area (TPSA) is 12.0 Å². The summed E-state index contributed by atoms with van der Waals surface area (Å²) in [5.41, 5.74) is 2.85. The number of hydrogen-bond acceptors (Lipinski definition) is 1. The Labute approximate surface area is 125 Å². The predicted octanol–water partition coefficient (Wildman–Crippen LogP) is 5.29. The van der Waals surface area contributed by atoms with Gasteiger partial charge in [0.2, 0.25) is 0 Å². The Balaban J connectivity index is 2.01. The number of benzene rings is 1. The molecule has 0 aliphatic heterocycles. The normalized spacial score (nSPS) is 28.6. The maximum Gasteiger partial charge on any atom is 0.0294 e. The zero-order chi connectivity index (χ0) is 14.7. The molecule has 3 atom stereocenters. The Bertz CT molecular complexity index is 396. The minimum atomic E-state index is 0.448. The minimum Gasteiger partial charge on any atom is -0.307 e. The molecule has 2 rings (SSSR count). The van der Waals surface area contributed by atoms with Crippen LogP contribution in [-0.4, -0.2) is 6.04 Å². The maximum atomic E-state index is 3.88. The summed E-state index contributed by atoms with van der Waals surface area (Å²) in [4.78, 5) is 0. The Hall–Kier alpha value is -0.820. The summed E-state index contributed by atoms with van der Waals surface area (Å²) in [7, 11) is 0. The molecule has 0 radical (unpaired) electrons. The number of rotatable bonds is 4. The van der Waals surface area contributed by atoms with E-state index in [2.05, 4.69) is 64.2 Å². The van der Waals surface area contributed by atoms with E-state index in [1.807, 2.05) is 0 Å². The van der Waals surface area contributed by atoms with Crippen LogP contribution in [-0.2, 0) is 0 Å². The van der Waals surface area contributed by atoms with Crippen molar-refractivity contribution in [3.8, 4) is 0 Å². The lowest BCUT2D eigenvalue weighted by atomic mass is 9.78. The van der Waals surface area contributed by atoms with Crippen LogP contribution in [0.5, 0.6) is 0 Å². The fourth-order valence-electron chi connectivity index (χ4n) is 3.56. The molecular formula is C19H31N. The summed E-state index contributed by atoms with van der Waals surface area (Å²) in [6.07, 6.45) is 4.15. The second-order valence-electron chi connectivity index (χ2n) is 7.12. The lowest BCUT2D eigenvalue weighted by molar-refractivity contribution is 0.196. The Morgan fingerprint density at radius 2 is 1.40 bits per heavy atom. The van der Waals surface area contributed by atoms with Gasteiger partial charge in [-0.05, 0) is 48.6 Å². The molecule has 0 saturated heterocycles. The molecular weight excluding hydrogens is 242 g/mol. The van der Waals surface area contributed by atoms with Crippen molar-refractivity contribution in [2.24, 2.45) is 11.8 Å². The van der Waals surface area contributed by atoms with E-state index < -0.39 is 0 Å². The van der Waals surface area contributed by atoms with Crippen molar-refractivity contribution < 1.29 is 0 Å². The van der Waals surface area contributed by atoms with E-state index in [1.54, 1.807) is 0 Å². The fourth-order valence-corrected chi connectivity index (χ4v) is 3.56. The van der Waals surface area contributed by atoms with Gasteiger partial charge in [0.05, 0.1) is 0 Å². The molecule has 1 aromatic carbocycles. The van der Waals surface area contributed by atoms with Crippen LogP contribution in [0.4, 0.5) is 0 Å². The van der Waals surface area contributed by atoms with E-state index in [0.717, 1.165) is 11.8 Å². The van der Waals surface area contributed by atoms with Gasteiger partial charge in [-0.3, -0.25) is 0 Å². The minimum absolute atomic E-state index is 0.448. The summed E-state index contributed by atoms with van der Waals surface area (Å²) >= 11 is 0. The van der Waals surface area contributed by atoms with Crippen LogP contribution in [0.25, 0.3) is 0 Å². The third-order valence-corrected chi connectivity index (χ3v) is 5.09. The van der Waals surface area contributed by atoms with E-state index in [9.17, 15) is 0 Å². The van der Waals surface area contributed by atoms with Crippen molar-refractivity contribution in [2.75, 3.05) is 0 Å². The molecule has 0 bridgehead atoms. The SMILES string of the molecule is CC(C)c1ccc(C(C)NC2C(C)CCCC2C)cc1. The highest BCUT2D eigenvalue weighted by Crippen LogP contribution is 2.30. The first-order valence-electron chi connectivity index (χ1n) is 8.35. The van der Waals surface area contributed by atoms with E-state index in [-0.39, 0.29) is 0 Å². The molecule has 0 spiro atoms. The van der Waals surface area contributed by atoms with E-state index in [4.69, 9.17) is 0 Å². The van der Waals surface area contributed by atoms with Gasteiger partial charge in [0.25, 0.3) is 0 Å². The monoisotopic (exact) mass is 273 g/mol. The molecule has 1 fully saturated rings. The molecule has 0 aromatic heterocycles. The summed E-state index contributed by atoms with van der Waals surface area (Å²) in [6, 6.07) is 10.3. The zero-order valence-corrected chi connectivity index (χ0v) is 13.8. The molecule has 1 aliphatic carbocycles. The highest BCUT2D eigenvalue weighted by atomic mass is 15.0. The molecule has 112 valence electrons. The summed E-state index contributed by atoms with van der Waals surface area (Å²) in [5.74, 6) is 2.22. The third kappa shape index (κ3) is 3.63. The predicted molar refractivity (Wildman–Crippen MR) is 88.0 cm³/mol. The highest BCUT2D eigenvalue weighted by Gasteiger charge is 2.28. The van der Waals surface area contributed by atoms with Gasteiger partial charge in [-0.25, -0.2) is 0 Å². The second kappa shape index (κ2) is 6.76. The van der Waals surface area contributed by atoms with Gasteiger partial charge in [-0.1, -0.05) is 58.4 Å². The number of hydrogen-bond donors (Lipinski definition) is 1. The lowest BCUT2D eigenvalue weighted by Gasteiger charge is -2.37. The van der Waals surface area contributed by atoms with Crippen molar-refractivity contribution >= 4 is 0 Å². The van der Waals surface area contributed by atoms with E-state index in [1.165, 1.54) is 30.4 Å². The Morgan fingerprint density at radius 1 is 0.900 bits per heavy atom. The molecule has 0 amide bonds. The Morgan fingerprint density at radius 3 is 1.90 bits per heavy atom. The van der Waals surface area contributed by atoms with Crippen molar-refractivity contribution in [3.05, 3.63) is 35.4 Å². The first kappa shape index (κ1) is 15.6. The molecule has 1 saturated carbocycles. The summed E-state index contributed by atoms with van der Waals surface area (Å²) < 4.78 is 0. The van der Waals surface area contributed by atoms with Gasteiger partial charge in [-0.2, -0.15) is 0 Å². The smallest absolute Gasteiger partial charge is 0.0294 e. The molecule has 1 aliphatic rings. The van der Waals surface area contributed by atoms with Gasteiger partial charge in [0.15, 0.2) is 0 Å². The van der Waals surface area contributed by atoms with Crippen molar-refractivity contribution in [1.29, 1.82) is 0 Å². The van der Waals surface area contributed by atoms with Crippen molar-refractivity contribution in [2.45, 2.75) is 71.9 Å². The summed E-state index contributed by atoms with van der Waals surface area (Å²) in [6.45, 7) is 11.6. The van der Waals surface area contributed by atoms with Crippen molar-refractivity contribution in [1.82, 2.24) is 5.32 Å². The molecule has 0 heterocycles. The van der Waals surface area contributed by atoms with Gasteiger partial charge in [0.1, 0.15) is 0 Å². The Kier molecular flexibility index (Phi) is 5.26.